The first kappa shape index (κ1) is 30.4. The van der Waals surface area contributed by atoms with Crippen molar-refractivity contribution >= 4 is 17.8 Å². The molecule has 32 heavy (non-hydrogen) atoms. The van der Waals surface area contributed by atoms with Gasteiger partial charge in [0, 0.05) is 26.4 Å². The standard InChI is InChI=1S/C26H50N2O4/c1-4-6-7-8-9-10-11-12-13-14-15-16-17-18-19-20-25(30)27-21-22-28(23(3)29)24(5-2)26(31)32/h24H,4-22H2,1-3H3,(H,27,30)(H,31,32). The fourth-order valence-corrected chi connectivity index (χ4v) is 4.12. The molecule has 0 heterocycles. The average Bonchev–Trinajstić information content (AvgIpc) is 2.75. The van der Waals surface area contributed by atoms with E-state index < -0.39 is 12.0 Å². The number of nitrogens with one attached hydrogen (secondary N) is 1. The number of carbonyl (C=O) groups is 3. The molecule has 0 aromatic rings. The lowest BCUT2D eigenvalue weighted by atomic mass is 10.0. The monoisotopic (exact) mass is 454 g/mol. The van der Waals surface area contributed by atoms with Crippen LogP contribution in [0.3, 0.4) is 0 Å². The van der Waals surface area contributed by atoms with Gasteiger partial charge in [-0.2, -0.15) is 0 Å². The molecule has 0 rings (SSSR count). The maximum atomic E-state index is 12.0. The summed E-state index contributed by atoms with van der Waals surface area (Å²) >= 11 is 0. The van der Waals surface area contributed by atoms with Crippen LogP contribution in [0, 0.1) is 0 Å². The van der Waals surface area contributed by atoms with Crippen LogP contribution in [0.2, 0.25) is 0 Å². The second-order valence-corrected chi connectivity index (χ2v) is 9.02. The van der Waals surface area contributed by atoms with Gasteiger partial charge >= 0.3 is 5.97 Å². The van der Waals surface area contributed by atoms with Crippen LogP contribution in [0.1, 0.15) is 130 Å². The van der Waals surface area contributed by atoms with Gasteiger partial charge in [-0.15, -0.1) is 0 Å². The fraction of sp³-hybridized carbons (Fsp3) is 0.885. The van der Waals surface area contributed by atoms with Gasteiger partial charge in [-0.05, 0) is 12.8 Å². The summed E-state index contributed by atoms with van der Waals surface area (Å²) in [6.07, 6.45) is 20.3. The molecule has 1 atom stereocenters. The van der Waals surface area contributed by atoms with Crippen LogP contribution >= 0.6 is 0 Å². The predicted octanol–water partition coefficient (Wildman–Crippen LogP) is 6.08. The minimum Gasteiger partial charge on any atom is -0.480 e. The highest BCUT2D eigenvalue weighted by atomic mass is 16.4. The number of carboxylic acid groups (broad SMARTS) is 1. The van der Waals surface area contributed by atoms with E-state index in [9.17, 15) is 19.5 Å². The van der Waals surface area contributed by atoms with Crippen LogP contribution in [0.25, 0.3) is 0 Å². The molecule has 2 amide bonds. The van der Waals surface area contributed by atoms with Gasteiger partial charge in [0.25, 0.3) is 0 Å². The van der Waals surface area contributed by atoms with Crippen LogP contribution in [-0.2, 0) is 14.4 Å². The lowest BCUT2D eigenvalue weighted by molar-refractivity contribution is -0.149. The second-order valence-electron chi connectivity index (χ2n) is 9.02. The fourth-order valence-electron chi connectivity index (χ4n) is 4.12. The Kier molecular flexibility index (Phi) is 20.2. The molecule has 0 saturated carbocycles. The smallest absolute Gasteiger partial charge is 0.326 e. The number of rotatable bonds is 22. The van der Waals surface area contributed by atoms with Crippen molar-refractivity contribution in [3.63, 3.8) is 0 Å². The highest BCUT2D eigenvalue weighted by Crippen LogP contribution is 2.13. The van der Waals surface area contributed by atoms with Gasteiger partial charge in [0.15, 0.2) is 0 Å². The molecule has 0 bridgehead atoms. The van der Waals surface area contributed by atoms with E-state index in [2.05, 4.69) is 12.2 Å². The number of amides is 2. The van der Waals surface area contributed by atoms with Crippen LogP contribution < -0.4 is 5.32 Å². The molecule has 2 N–H and O–H groups in total. The number of hydrogen-bond donors (Lipinski definition) is 2. The molecule has 0 aliphatic rings. The van der Waals surface area contributed by atoms with Gasteiger partial charge in [0.05, 0.1) is 0 Å². The molecule has 6 heteroatoms. The van der Waals surface area contributed by atoms with E-state index in [4.69, 9.17) is 0 Å². The highest BCUT2D eigenvalue weighted by molar-refractivity contribution is 5.82. The summed E-state index contributed by atoms with van der Waals surface area (Å²) in [6, 6.07) is -0.833. The van der Waals surface area contributed by atoms with Crippen molar-refractivity contribution in [2.24, 2.45) is 0 Å². The van der Waals surface area contributed by atoms with Gasteiger partial charge in [0.2, 0.25) is 11.8 Å². The van der Waals surface area contributed by atoms with Gasteiger partial charge in [0.1, 0.15) is 6.04 Å². The Morgan fingerprint density at radius 2 is 1.19 bits per heavy atom. The molecule has 0 spiro atoms. The Labute approximate surface area is 196 Å². The number of nitrogens with zero attached hydrogens (tertiary/aromatic N) is 1. The molecule has 0 aromatic heterocycles. The second kappa shape index (κ2) is 21.3. The Hall–Kier alpha value is -1.59. The van der Waals surface area contributed by atoms with Gasteiger partial charge in [-0.3, -0.25) is 9.59 Å². The van der Waals surface area contributed by atoms with E-state index in [1.54, 1.807) is 6.92 Å². The zero-order chi connectivity index (χ0) is 24.0. The molecule has 0 radical (unpaired) electrons. The first-order chi connectivity index (χ1) is 15.4. The lowest BCUT2D eigenvalue weighted by Gasteiger charge is -2.27. The minimum absolute atomic E-state index is 0.0217. The summed E-state index contributed by atoms with van der Waals surface area (Å²) in [6.45, 7) is 5.89. The summed E-state index contributed by atoms with van der Waals surface area (Å²) < 4.78 is 0. The van der Waals surface area contributed by atoms with Crippen molar-refractivity contribution in [1.82, 2.24) is 10.2 Å². The zero-order valence-electron chi connectivity index (χ0n) is 21.1. The summed E-state index contributed by atoms with van der Waals surface area (Å²) in [4.78, 5) is 36.2. The number of carboxylic acids is 1. The van der Waals surface area contributed by atoms with Crippen molar-refractivity contribution in [2.45, 2.75) is 136 Å². The summed E-state index contributed by atoms with van der Waals surface area (Å²) in [5.74, 6) is -1.31. The van der Waals surface area contributed by atoms with E-state index in [1.165, 1.54) is 95.3 Å². The number of hydrogen-bond acceptors (Lipinski definition) is 3. The quantitative estimate of drug-likeness (QED) is 0.194. The number of aliphatic carboxylic acids is 1. The van der Waals surface area contributed by atoms with Crippen LogP contribution in [-0.4, -0.2) is 46.9 Å². The number of carbonyl (C=O) groups excluding carboxylic acids is 2. The van der Waals surface area contributed by atoms with Crippen LogP contribution in [0.15, 0.2) is 0 Å². The molecule has 0 saturated heterocycles. The minimum atomic E-state index is -1.01. The van der Waals surface area contributed by atoms with Crippen molar-refractivity contribution in [1.29, 1.82) is 0 Å². The third-order valence-corrected chi connectivity index (χ3v) is 6.13. The summed E-state index contributed by atoms with van der Waals surface area (Å²) in [5, 5.41) is 12.0. The average molecular weight is 455 g/mol. The molecular formula is C26H50N2O4. The first-order valence-corrected chi connectivity index (χ1v) is 13.2. The van der Waals surface area contributed by atoms with E-state index in [0.717, 1.165) is 12.8 Å². The molecule has 0 aliphatic carbocycles. The number of unbranched alkanes of at least 4 members (excludes halogenated alkanes) is 14. The third kappa shape index (κ3) is 17.0. The molecule has 0 fully saturated rings. The van der Waals surface area contributed by atoms with Crippen LogP contribution in [0.5, 0.6) is 0 Å². The molecular weight excluding hydrogens is 404 g/mol. The van der Waals surface area contributed by atoms with Crippen molar-refractivity contribution < 1.29 is 19.5 Å². The highest BCUT2D eigenvalue weighted by Gasteiger charge is 2.25. The van der Waals surface area contributed by atoms with Crippen LogP contribution in [0.4, 0.5) is 0 Å². The zero-order valence-corrected chi connectivity index (χ0v) is 21.1. The van der Waals surface area contributed by atoms with Crippen molar-refractivity contribution in [3.05, 3.63) is 0 Å². The lowest BCUT2D eigenvalue weighted by Crippen LogP contribution is -2.47. The van der Waals surface area contributed by atoms with Gasteiger partial charge in [-0.1, -0.05) is 104 Å². The predicted molar refractivity (Wildman–Crippen MR) is 132 cm³/mol. The van der Waals surface area contributed by atoms with E-state index in [1.807, 2.05) is 0 Å². The van der Waals surface area contributed by atoms with Gasteiger partial charge in [-0.25, -0.2) is 4.79 Å². The van der Waals surface area contributed by atoms with Crippen molar-refractivity contribution in [2.75, 3.05) is 13.1 Å². The topological polar surface area (TPSA) is 86.7 Å². The molecule has 6 nitrogen and oxygen atoms in total. The molecule has 0 aliphatic heterocycles. The van der Waals surface area contributed by atoms with E-state index in [-0.39, 0.29) is 18.4 Å². The van der Waals surface area contributed by atoms with Gasteiger partial charge < -0.3 is 15.3 Å². The Bertz CT molecular complexity index is 496. The first-order valence-electron chi connectivity index (χ1n) is 13.2. The SMILES string of the molecule is CCCCCCCCCCCCCCCCCC(=O)NCCN(C(C)=O)C(CC)C(=O)O. The molecule has 0 aromatic carbocycles. The Morgan fingerprint density at radius 1 is 0.750 bits per heavy atom. The van der Waals surface area contributed by atoms with E-state index in [0.29, 0.717) is 19.4 Å². The summed E-state index contributed by atoms with van der Waals surface area (Å²) in [7, 11) is 0. The summed E-state index contributed by atoms with van der Waals surface area (Å²) in [5.41, 5.74) is 0. The third-order valence-electron chi connectivity index (χ3n) is 6.13. The normalized spacial score (nSPS) is 11.8. The maximum absolute atomic E-state index is 12.0. The molecule has 1 unspecified atom stereocenters. The largest absolute Gasteiger partial charge is 0.480 e. The maximum Gasteiger partial charge on any atom is 0.326 e. The Balaban J connectivity index is 3.56. The van der Waals surface area contributed by atoms with Crippen molar-refractivity contribution in [3.8, 4) is 0 Å². The Morgan fingerprint density at radius 3 is 1.56 bits per heavy atom. The van der Waals surface area contributed by atoms with E-state index >= 15 is 0 Å². The molecule has 188 valence electrons.